The molecule has 6 nitrogen and oxygen atoms in total. The highest BCUT2D eigenvalue weighted by molar-refractivity contribution is 5.95. The molecular weight excluding hydrogens is 314 g/mol. The third kappa shape index (κ3) is 2.07. The molecule has 0 atom stereocenters. The van der Waals surface area contributed by atoms with Crippen LogP contribution in [0.2, 0.25) is 0 Å². The van der Waals surface area contributed by atoms with Crippen molar-refractivity contribution in [3.63, 3.8) is 0 Å². The van der Waals surface area contributed by atoms with E-state index in [1.165, 1.54) is 0 Å². The first-order valence-electron chi connectivity index (χ1n) is 7.96. The Labute approximate surface area is 142 Å². The van der Waals surface area contributed by atoms with E-state index in [0.29, 0.717) is 23.1 Å². The molecule has 0 spiro atoms. The van der Waals surface area contributed by atoms with Crippen molar-refractivity contribution in [1.82, 2.24) is 25.1 Å². The fourth-order valence-electron chi connectivity index (χ4n) is 3.06. The molecule has 0 radical (unpaired) electrons. The van der Waals surface area contributed by atoms with Gasteiger partial charge in [0.1, 0.15) is 0 Å². The molecule has 0 amide bonds. The van der Waals surface area contributed by atoms with Crippen molar-refractivity contribution in [2.75, 3.05) is 0 Å². The molecule has 2 aromatic heterocycles. The minimum absolute atomic E-state index is 0.406. The number of benzene rings is 1. The number of aryl methyl sites for hydroxylation is 2. The fourth-order valence-corrected chi connectivity index (χ4v) is 3.06. The largest absolute Gasteiger partial charge is 0.416 e. The van der Waals surface area contributed by atoms with E-state index < -0.39 is 0 Å². The first-order chi connectivity index (χ1) is 12.2. The third-order valence-electron chi connectivity index (χ3n) is 4.35. The van der Waals surface area contributed by atoms with Crippen LogP contribution < -0.4 is 0 Å². The average Bonchev–Trinajstić information content (AvgIpc) is 3.00. The lowest BCUT2D eigenvalue weighted by Gasteiger charge is -2.06. The molecule has 5 rings (SSSR count). The summed E-state index contributed by atoms with van der Waals surface area (Å²) in [6.07, 6.45) is 1.73. The quantitative estimate of drug-likeness (QED) is 0.464. The Morgan fingerprint density at radius 1 is 0.920 bits per heavy atom. The second-order valence-corrected chi connectivity index (χ2v) is 6.02. The van der Waals surface area contributed by atoms with Gasteiger partial charge in [-0.15, -0.1) is 10.2 Å². The van der Waals surface area contributed by atoms with Crippen LogP contribution >= 0.6 is 0 Å². The van der Waals surface area contributed by atoms with E-state index in [1.54, 1.807) is 6.20 Å². The van der Waals surface area contributed by atoms with E-state index >= 15 is 0 Å². The summed E-state index contributed by atoms with van der Waals surface area (Å²) in [5.74, 6) is 0.892. The van der Waals surface area contributed by atoms with Crippen molar-refractivity contribution in [2.24, 2.45) is 0 Å². The van der Waals surface area contributed by atoms with E-state index in [0.717, 1.165) is 33.1 Å². The molecule has 120 valence electrons. The van der Waals surface area contributed by atoms with Crippen molar-refractivity contribution >= 4 is 21.9 Å². The summed E-state index contributed by atoms with van der Waals surface area (Å²) < 4.78 is 5.97. The van der Waals surface area contributed by atoms with Crippen LogP contribution in [-0.2, 0) is 0 Å². The number of para-hydroxylation sites is 1. The lowest BCUT2D eigenvalue weighted by atomic mass is 10.1. The predicted molar refractivity (Wildman–Crippen MR) is 94.2 cm³/mol. The molecule has 0 saturated carbocycles. The van der Waals surface area contributed by atoms with Crippen LogP contribution in [0.15, 0.2) is 47.0 Å². The van der Waals surface area contributed by atoms with Gasteiger partial charge in [-0.2, -0.15) is 0 Å². The number of pyridine rings is 2. The number of hydrogen-bond donors (Lipinski definition) is 0. The molecular formula is C19H13N5O. The lowest BCUT2D eigenvalue weighted by molar-refractivity contribution is 0.530. The fraction of sp³-hybridized carbons (Fsp3) is 0.105. The Kier molecular flexibility index (Phi) is 2.82. The molecule has 3 aromatic rings. The van der Waals surface area contributed by atoms with Crippen molar-refractivity contribution in [1.29, 1.82) is 0 Å². The van der Waals surface area contributed by atoms with Crippen LogP contribution in [0.25, 0.3) is 45.0 Å². The number of rotatable bonds is 1. The molecule has 2 aliphatic rings. The standard InChI is InChI=1S/C19H13N5O/c1-10-5-3-7-13-15(10)22-19-16(13)23-24-18(25-19)14-9-12-6-4-8-20-17(12)21-11(14)2/h3-9H,1-2H3. The topological polar surface area (TPSA) is 77.6 Å². The van der Waals surface area contributed by atoms with Gasteiger partial charge in [0.25, 0.3) is 5.89 Å². The van der Waals surface area contributed by atoms with Gasteiger partial charge >= 0.3 is 0 Å². The van der Waals surface area contributed by atoms with Crippen molar-refractivity contribution in [3.05, 3.63) is 53.9 Å². The van der Waals surface area contributed by atoms with Crippen LogP contribution in [-0.4, -0.2) is 25.1 Å². The van der Waals surface area contributed by atoms with Gasteiger partial charge in [-0.1, -0.05) is 18.2 Å². The first kappa shape index (κ1) is 14.0. The van der Waals surface area contributed by atoms with E-state index in [1.807, 2.05) is 50.2 Å². The van der Waals surface area contributed by atoms with Crippen LogP contribution in [0.5, 0.6) is 0 Å². The zero-order chi connectivity index (χ0) is 17.0. The molecule has 1 aromatic carbocycles. The highest BCUT2D eigenvalue weighted by Crippen LogP contribution is 2.33. The summed E-state index contributed by atoms with van der Waals surface area (Å²) >= 11 is 0. The number of aromatic nitrogens is 5. The van der Waals surface area contributed by atoms with Gasteiger partial charge in [0, 0.05) is 17.0 Å². The normalized spacial score (nSPS) is 11.6. The molecule has 0 aliphatic carbocycles. The third-order valence-corrected chi connectivity index (χ3v) is 4.35. The first-order valence-corrected chi connectivity index (χ1v) is 7.96. The monoisotopic (exact) mass is 327 g/mol. The number of fused-ring (bicyclic) bond motifs is 4. The second kappa shape index (κ2) is 5.04. The average molecular weight is 327 g/mol. The maximum Gasteiger partial charge on any atom is 0.250 e. The van der Waals surface area contributed by atoms with E-state index in [-0.39, 0.29) is 0 Å². The Balaban J connectivity index is 1.76. The number of hydrogen-bond acceptors (Lipinski definition) is 6. The summed E-state index contributed by atoms with van der Waals surface area (Å²) in [6, 6.07) is 11.8. The van der Waals surface area contributed by atoms with Crippen molar-refractivity contribution in [3.8, 4) is 23.0 Å². The molecule has 25 heavy (non-hydrogen) atoms. The van der Waals surface area contributed by atoms with Crippen LogP contribution in [0.1, 0.15) is 11.3 Å². The lowest BCUT2D eigenvalue weighted by Crippen LogP contribution is -1.96. The Morgan fingerprint density at radius 3 is 2.76 bits per heavy atom. The minimum atomic E-state index is 0.406. The molecule has 0 unspecified atom stereocenters. The van der Waals surface area contributed by atoms with Crippen molar-refractivity contribution in [2.45, 2.75) is 13.8 Å². The van der Waals surface area contributed by atoms with Gasteiger partial charge in [0.15, 0.2) is 11.3 Å². The molecule has 6 heteroatoms. The molecule has 0 N–H and O–H groups in total. The minimum Gasteiger partial charge on any atom is -0.416 e. The zero-order valence-corrected chi connectivity index (χ0v) is 13.7. The van der Waals surface area contributed by atoms with Gasteiger partial charge in [0.2, 0.25) is 5.89 Å². The van der Waals surface area contributed by atoms with Gasteiger partial charge in [-0.25, -0.2) is 15.0 Å². The maximum atomic E-state index is 5.97. The number of nitrogens with zero attached hydrogens (tertiary/aromatic N) is 5. The summed E-state index contributed by atoms with van der Waals surface area (Å²) in [7, 11) is 0. The molecule has 0 saturated heterocycles. The van der Waals surface area contributed by atoms with E-state index in [9.17, 15) is 0 Å². The predicted octanol–water partition coefficient (Wildman–Crippen LogP) is 3.95. The summed E-state index contributed by atoms with van der Waals surface area (Å²) in [5, 5.41) is 10.5. The van der Waals surface area contributed by atoms with Crippen LogP contribution in [0, 0.1) is 13.8 Å². The van der Waals surface area contributed by atoms with Gasteiger partial charge in [-0.3, -0.25) is 0 Å². The van der Waals surface area contributed by atoms with Crippen molar-refractivity contribution < 1.29 is 4.42 Å². The van der Waals surface area contributed by atoms with E-state index in [4.69, 9.17) is 4.42 Å². The van der Waals surface area contributed by atoms with Crippen LogP contribution in [0.3, 0.4) is 0 Å². The second-order valence-electron chi connectivity index (χ2n) is 6.02. The summed E-state index contributed by atoms with van der Waals surface area (Å²) in [6.45, 7) is 3.93. The zero-order valence-electron chi connectivity index (χ0n) is 13.7. The van der Waals surface area contributed by atoms with Gasteiger partial charge in [-0.05, 0) is 37.6 Å². The Morgan fingerprint density at radius 2 is 1.84 bits per heavy atom. The summed E-state index contributed by atoms with van der Waals surface area (Å²) in [5.41, 5.74) is 4.93. The molecule has 2 aliphatic heterocycles. The smallest absolute Gasteiger partial charge is 0.250 e. The highest BCUT2D eigenvalue weighted by Gasteiger charge is 2.20. The molecule has 0 bridgehead atoms. The SMILES string of the molecule is Cc1nc2ncccc2cc1-c1nnc2c3cccc(C)c3nc-2o1. The molecule has 0 fully saturated rings. The highest BCUT2D eigenvalue weighted by atomic mass is 16.4. The Bertz CT molecular complexity index is 1230. The van der Waals surface area contributed by atoms with E-state index in [2.05, 4.69) is 25.1 Å². The molecule has 4 heterocycles. The summed E-state index contributed by atoms with van der Waals surface area (Å²) in [4.78, 5) is 13.4. The maximum absolute atomic E-state index is 5.97. The Hall–Kier alpha value is -3.41. The van der Waals surface area contributed by atoms with Crippen LogP contribution in [0.4, 0.5) is 0 Å². The van der Waals surface area contributed by atoms with Gasteiger partial charge in [0.05, 0.1) is 16.8 Å². The van der Waals surface area contributed by atoms with Gasteiger partial charge < -0.3 is 4.42 Å².